The summed E-state index contributed by atoms with van der Waals surface area (Å²) in [4.78, 5) is 12.2. The van der Waals surface area contributed by atoms with Crippen molar-refractivity contribution >= 4 is 21.7 Å². The Kier molecular flexibility index (Phi) is 9.73. The van der Waals surface area contributed by atoms with E-state index in [0.717, 1.165) is 44.2 Å². The minimum Gasteiger partial charge on any atom is -0.478 e. The number of carbonyl (C=O) groups is 1. The van der Waals surface area contributed by atoms with Crippen molar-refractivity contribution in [2.24, 2.45) is 0 Å². The maximum atomic E-state index is 14.0. The van der Waals surface area contributed by atoms with Crippen molar-refractivity contribution in [3.8, 4) is 0 Å². The topological polar surface area (TPSA) is 142 Å². The number of hydrogen-bond donors (Lipinski definition) is 4. The van der Waals surface area contributed by atoms with Crippen LogP contribution in [0.15, 0.2) is 29.8 Å². The smallest absolute Gasteiger partial charge is 0.332 e. The first kappa shape index (κ1) is 29.5. The Labute approximate surface area is 217 Å². The molecule has 37 heavy (non-hydrogen) atoms. The van der Waals surface area contributed by atoms with Crippen LogP contribution in [0.1, 0.15) is 70.8 Å². The van der Waals surface area contributed by atoms with Crippen LogP contribution in [-0.2, 0) is 30.7 Å². The molecule has 4 atom stereocenters. The van der Waals surface area contributed by atoms with Gasteiger partial charge in [0.05, 0.1) is 24.5 Å². The first-order chi connectivity index (χ1) is 17.5. The number of aliphatic hydroxyl groups is 2. The van der Waals surface area contributed by atoms with Crippen LogP contribution in [0, 0.1) is 5.82 Å². The number of carboxylic acids is 1. The normalized spacial score (nSPS) is 27.9. The molecule has 0 saturated carbocycles. The highest BCUT2D eigenvalue weighted by molar-refractivity contribution is 7.93. The first-order valence-corrected chi connectivity index (χ1v) is 14.5. The van der Waals surface area contributed by atoms with Crippen molar-refractivity contribution in [2.75, 3.05) is 17.9 Å². The molecule has 1 aliphatic heterocycles. The molecule has 1 saturated heterocycles. The average Bonchev–Trinajstić information content (AvgIpc) is 3.18. The third kappa shape index (κ3) is 6.51. The van der Waals surface area contributed by atoms with Gasteiger partial charge in [-0.15, -0.1) is 0 Å². The number of anilines is 1. The molecule has 208 valence electrons. The van der Waals surface area contributed by atoms with Gasteiger partial charge in [0.2, 0.25) is 10.0 Å². The summed E-state index contributed by atoms with van der Waals surface area (Å²) in [7, 11) is -4.24. The Bertz CT molecular complexity index is 1090. The molecule has 4 N–H and O–H groups in total. The third-order valence-corrected chi connectivity index (χ3v) is 9.05. The summed E-state index contributed by atoms with van der Waals surface area (Å²) < 4.78 is 55.2. The largest absolute Gasteiger partial charge is 0.478 e. The number of hydrogen-bond acceptors (Lipinski definition) is 7. The van der Waals surface area contributed by atoms with Gasteiger partial charge in [0.15, 0.2) is 5.79 Å². The van der Waals surface area contributed by atoms with Crippen LogP contribution in [0.5, 0.6) is 0 Å². The van der Waals surface area contributed by atoms with Gasteiger partial charge in [0.25, 0.3) is 0 Å². The van der Waals surface area contributed by atoms with E-state index in [-0.39, 0.29) is 18.5 Å². The van der Waals surface area contributed by atoms with E-state index in [1.54, 1.807) is 6.92 Å². The van der Waals surface area contributed by atoms with Crippen LogP contribution >= 0.6 is 0 Å². The fourth-order valence-corrected chi connectivity index (χ4v) is 6.71. The van der Waals surface area contributed by atoms with E-state index in [2.05, 4.69) is 11.6 Å². The number of unbranched alkanes of at least 4 members (excludes halogenated alkanes) is 4. The quantitative estimate of drug-likeness (QED) is 0.277. The number of nitrogens with one attached hydrogen (secondary N) is 1. The van der Waals surface area contributed by atoms with Crippen LogP contribution in [-0.4, -0.2) is 65.7 Å². The van der Waals surface area contributed by atoms with Crippen molar-refractivity contribution < 1.29 is 42.4 Å². The standard InChI is InChI=1S/C26H38FNO8S/c1-3-5-6-7-8-9-18-14-19(27)10-11-21(18)28-37(33,34)22-12-13-26(15-20(22)24(31)32)35-23(16-29)25(4-2,17-30)36-26/h10-11,14-15,22-23,28-30H,3-9,12-13,16-17H2,1-2H3,(H,31,32)/t22?,23-,25-,26?/m0/s1. The number of sulfonamides is 1. The molecule has 3 rings (SSSR count). The summed E-state index contributed by atoms with van der Waals surface area (Å²) in [5.74, 6) is -3.50. The molecule has 0 aromatic heterocycles. The lowest BCUT2D eigenvalue weighted by Gasteiger charge is -2.34. The highest BCUT2D eigenvalue weighted by Crippen LogP contribution is 2.46. The zero-order valence-corrected chi connectivity index (χ0v) is 22.2. The van der Waals surface area contributed by atoms with Gasteiger partial charge < -0.3 is 24.8 Å². The summed E-state index contributed by atoms with van der Waals surface area (Å²) in [5.41, 5.74) is -0.930. The Morgan fingerprint density at radius 1 is 1.19 bits per heavy atom. The second-order valence-electron chi connectivity index (χ2n) is 9.82. The van der Waals surface area contributed by atoms with Crippen LogP contribution in [0.2, 0.25) is 0 Å². The minimum absolute atomic E-state index is 0.00130. The number of carboxylic acid groups (broad SMARTS) is 1. The molecule has 2 aliphatic rings. The summed E-state index contributed by atoms with van der Waals surface area (Å²) in [6, 6.07) is 3.82. The number of benzene rings is 1. The lowest BCUT2D eigenvalue weighted by molar-refractivity contribution is -0.171. The molecule has 11 heteroatoms. The van der Waals surface area contributed by atoms with E-state index in [0.29, 0.717) is 18.4 Å². The molecular formula is C26H38FNO8S. The van der Waals surface area contributed by atoms with Gasteiger partial charge in [-0.05, 0) is 55.5 Å². The Balaban J connectivity index is 1.86. The number of halogens is 1. The van der Waals surface area contributed by atoms with Crippen molar-refractivity contribution in [2.45, 2.75) is 94.4 Å². The van der Waals surface area contributed by atoms with Gasteiger partial charge >= 0.3 is 5.97 Å². The van der Waals surface area contributed by atoms with Crippen LogP contribution in [0.4, 0.5) is 10.1 Å². The van der Waals surface area contributed by atoms with E-state index in [1.807, 2.05) is 0 Å². The fraction of sp³-hybridized carbons (Fsp3) is 0.654. The molecule has 1 aromatic rings. The number of aliphatic hydroxyl groups excluding tert-OH is 2. The lowest BCUT2D eigenvalue weighted by atomic mass is 9.93. The van der Waals surface area contributed by atoms with Crippen LogP contribution in [0.25, 0.3) is 0 Å². The van der Waals surface area contributed by atoms with Crippen molar-refractivity contribution in [3.05, 3.63) is 41.2 Å². The minimum atomic E-state index is -4.24. The predicted octanol–water partition coefficient (Wildman–Crippen LogP) is 3.50. The van der Waals surface area contributed by atoms with Crippen molar-refractivity contribution in [1.82, 2.24) is 0 Å². The summed E-state index contributed by atoms with van der Waals surface area (Å²) >= 11 is 0. The van der Waals surface area contributed by atoms with Crippen LogP contribution in [0.3, 0.4) is 0 Å². The fourth-order valence-electron chi connectivity index (χ4n) is 5.13. The predicted molar refractivity (Wildman–Crippen MR) is 136 cm³/mol. The maximum absolute atomic E-state index is 14.0. The number of rotatable bonds is 13. The monoisotopic (exact) mass is 543 g/mol. The molecule has 1 heterocycles. The molecule has 2 unspecified atom stereocenters. The average molecular weight is 544 g/mol. The lowest BCUT2D eigenvalue weighted by Crippen LogP contribution is -2.46. The van der Waals surface area contributed by atoms with Crippen molar-refractivity contribution in [1.29, 1.82) is 0 Å². The van der Waals surface area contributed by atoms with Gasteiger partial charge in [-0.25, -0.2) is 17.6 Å². The second kappa shape index (κ2) is 12.2. The second-order valence-corrected chi connectivity index (χ2v) is 11.7. The van der Waals surface area contributed by atoms with Gasteiger partial charge in [-0.2, -0.15) is 0 Å². The molecule has 0 bridgehead atoms. The highest BCUT2D eigenvalue weighted by Gasteiger charge is 2.57. The van der Waals surface area contributed by atoms with Crippen LogP contribution < -0.4 is 4.72 Å². The number of aryl methyl sites for hydroxylation is 1. The molecule has 1 aromatic carbocycles. The summed E-state index contributed by atoms with van der Waals surface area (Å²) in [5, 5.41) is 28.2. The van der Waals surface area contributed by atoms with Gasteiger partial charge in [-0.1, -0.05) is 39.5 Å². The zero-order chi connectivity index (χ0) is 27.3. The Morgan fingerprint density at radius 2 is 1.92 bits per heavy atom. The first-order valence-electron chi connectivity index (χ1n) is 12.9. The van der Waals surface area contributed by atoms with E-state index in [1.165, 1.54) is 12.1 Å². The number of ether oxygens (including phenoxy) is 2. The molecule has 0 radical (unpaired) electrons. The summed E-state index contributed by atoms with van der Waals surface area (Å²) in [6.45, 7) is 2.94. The van der Waals surface area contributed by atoms with E-state index < -0.39 is 63.3 Å². The van der Waals surface area contributed by atoms with Gasteiger partial charge in [0.1, 0.15) is 22.8 Å². The zero-order valence-electron chi connectivity index (χ0n) is 21.4. The van der Waals surface area contributed by atoms with Crippen molar-refractivity contribution in [3.63, 3.8) is 0 Å². The molecule has 1 fully saturated rings. The summed E-state index contributed by atoms with van der Waals surface area (Å²) in [6.07, 6.45) is 5.82. The Morgan fingerprint density at radius 3 is 2.51 bits per heavy atom. The molecule has 1 spiro atoms. The van der Waals surface area contributed by atoms with E-state index in [9.17, 15) is 32.9 Å². The van der Waals surface area contributed by atoms with E-state index in [4.69, 9.17) is 9.47 Å². The molecule has 1 aliphatic carbocycles. The Hall–Kier alpha value is -2.05. The third-order valence-electron chi connectivity index (χ3n) is 7.30. The molecule has 0 amide bonds. The highest BCUT2D eigenvalue weighted by atomic mass is 32.2. The number of aliphatic carboxylic acids is 1. The van der Waals surface area contributed by atoms with Gasteiger partial charge in [-0.3, -0.25) is 4.72 Å². The molecular weight excluding hydrogens is 505 g/mol. The SMILES string of the molecule is CCCCCCCc1cc(F)ccc1NS(=O)(=O)C1CCC2(C=C1C(=O)O)O[C@@H](CO)[C@](CC)(CO)O2. The van der Waals surface area contributed by atoms with E-state index >= 15 is 0 Å². The molecule has 9 nitrogen and oxygen atoms in total. The maximum Gasteiger partial charge on any atom is 0.332 e. The van der Waals surface area contributed by atoms with Gasteiger partial charge in [0, 0.05) is 6.42 Å².